The van der Waals surface area contributed by atoms with Gasteiger partial charge in [0.15, 0.2) is 11.5 Å². The van der Waals surface area contributed by atoms with Crippen LogP contribution in [0.5, 0.6) is 17.2 Å². The molecular weight excluding hydrogens is 653 g/mol. The van der Waals surface area contributed by atoms with Crippen molar-refractivity contribution in [3.8, 4) is 17.2 Å². The molecule has 0 heterocycles. The maximum Gasteiger partial charge on any atom is 0.265 e. The van der Waals surface area contributed by atoms with E-state index in [1.54, 1.807) is 12.1 Å². The van der Waals surface area contributed by atoms with Gasteiger partial charge in [-0.25, -0.2) is 16.8 Å². The van der Waals surface area contributed by atoms with Gasteiger partial charge in [0.1, 0.15) is 12.3 Å². The molecule has 0 saturated heterocycles. The Hall–Kier alpha value is -4.17. The van der Waals surface area contributed by atoms with E-state index in [0.29, 0.717) is 16.5 Å². The molecule has 1 amide bonds. The van der Waals surface area contributed by atoms with Gasteiger partial charge in [-0.15, -0.1) is 0 Å². The van der Waals surface area contributed by atoms with Crippen molar-refractivity contribution >= 4 is 66.2 Å². The first-order valence-corrected chi connectivity index (χ1v) is 16.3. The van der Waals surface area contributed by atoms with Gasteiger partial charge in [-0.2, -0.15) is 0 Å². The van der Waals surface area contributed by atoms with Crippen LogP contribution in [0.15, 0.2) is 94.7 Å². The molecule has 2 N–H and O–H groups in total. The number of nitrogens with zero attached hydrogens (tertiary/aromatic N) is 1. The summed E-state index contributed by atoms with van der Waals surface area (Å²) < 4.78 is 72.7. The van der Waals surface area contributed by atoms with Crippen LogP contribution in [0.1, 0.15) is 0 Å². The van der Waals surface area contributed by atoms with Gasteiger partial charge in [0.2, 0.25) is 5.91 Å². The first kappa shape index (κ1) is 32.7. The Morgan fingerprint density at radius 2 is 1.23 bits per heavy atom. The monoisotopic (exact) mass is 679 g/mol. The smallest absolute Gasteiger partial charge is 0.265 e. The van der Waals surface area contributed by atoms with Gasteiger partial charge in [-0.05, 0) is 78.9 Å². The minimum atomic E-state index is -4.40. The second-order valence-electron chi connectivity index (χ2n) is 9.03. The summed E-state index contributed by atoms with van der Waals surface area (Å²) >= 11 is 12.1. The van der Waals surface area contributed by atoms with E-state index in [2.05, 4.69) is 10.0 Å². The van der Waals surface area contributed by atoms with Crippen molar-refractivity contribution in [3.05, 3.63) is 95.0 Å². The third-order valence-corrected chi connectivity index (χ3v) is 9.82. The molecule has 4 aromatic carbocycles. The SMILES string of the molecule is COc1ccc(S(=O)(=O)N(CC(=O)Nc2ccc(S(=O)(=O)Nc3ccc(Cl)cc3)cc2)c2cc(Cl)ccc2OC)cc1OC. The average molecular weight is 681 g/mol. The van der Waals surface area contributed by atoms with Crippen LogP contribution in [0, 0.1) is 0 Å². The van der Waals surface area contributed by atoms with Gasteiger partial charge in [0.25, 0.3) is 20.0 Å². The molecule has 0 spiro atoms. The minimum absolute atomic E-state index is 0.0136. The van der Waals surface area contributed by atoms with Crippen molar-refractivity contribution in [1.29, 1.82) is 0 Å². The van der Waals surface area contributed by atoms with E-state index in [-0.39, 0.29) is 37.7 Å². The standard InChI is InChI=1S/C29H27Cl2N3O8S2/c1-40-26-14-6-20(31)16-25(26)34(44(38,39)24-13-15-27(41-2)28(17-24)42-3)18-29(35)32-21-9-11-23(12-10-21)43(36,37)33-22-7-4-19(30)5-8-22/h4-17,33H,18H2,1-3H3,(H,32,35). The fraction of sp³-hybridized carbons (Fsp3) is 0.138. The van der Waals surface area contributed by atoms with Crippen LogP contribution in [0.25, 0.3) is 0 Å². The number of carbonyl (C=O) groups is 1. The van der Waals surface area contributed by atoms with Gasteiger partial charge in [0.05, 0.1) is 36.8 Å². The Morgan fingerprint density at radius 3 is 1.84 bits per heavy atom. The van der Waals surface area contributed by atoms with E-state index in [9.17, 15) is 21.6 Å². The maximum atomic E-state index is 14.0. The molecule has 0 aliphatic rings. The largest absolute Gasteiger partial charge is 0.495 e. The van der Waals surface area contributed by atoms with E-state index < -0.39 is 32.5 Å². The Labute approximate surface area is 265 Å². The normalized spacial score (nSPS) is 11.4. The van der Waals surface area contributed by atoms with Gasteiger partial charge >= 0.3 is 0 Å². The number of rotatable bonds is 12. The van der Waals surface area contributed by atoms with Crippen LogP contribution in [0.4, 0.5) is 17.1 Å². The third kappa shape index (κ3) is 7.48. The number of ether oxygens (including phenoxy) is 3. The number of halogens is 2. The van der Waals surface area contributed by atoms with Crippen molar-refractivity contribution in [2.45, 2.75) is 9.79 Å². The molecule has 232 valence electrons. The number of benzene rings is 4. The second kappa shape index (κ2) is 13.6. The number of methoxy groups -OCH3 is 3. The predicted octanol–water partition coefficient (Wildman–Crippen LogP) is 5.65. The highest BCUT2D eigenvalue weighted by Gasteiger charge is 2.31. The van der Waals surface area contributed by atoms with Crippen molar-refractivity contribution in [2.24, 2.45) is 0 Å². The molecule has 0 radical (unpaired) electrons. The van der Waals surface area contributed by atoms with Crippen molar-refractivity contribution in [3.63, 3.8) is 0 Å². The fourth-order valence-corrected chi connectivity index (χ4v) is 6.83. The average Bonchev–Trinajstić information content (AvgIpc) is 3.00. The molecule has 0 bridgehead atoms. The van der Waals surface area contributed by atoms with Gasteiger partial charge in [-0.1, -0.05) is 23.2 Å². The zero-order valence-corrected chi connectivity index (χ0v) is 26.7. The highest BCUT2D eigenvalue weighted by molar-refractivity contribution is 7.93. The first-order chi connectivity index (χ1) is 20.9. The van der Waals surface area contributed by atoms with Crippen LogP contribution in [-0.2, 0) is 24.8 Å². The molecular formula is C29H27Cl2N3O8S2. The molecule has 11 nitrogen and oxygen atoms in total. The first-order valence-electron chi connectivity index (χ1n) is 12.6. The molecule has 0 aromatic heterocycles. The lowest BCUT2D eigenvalue weighted by atomic mass is 10.3. The lowest BCUT2D eigenvalue weighted by molar-refractivity contribution is -0.114. The van der Waals surface area contributed by atoms with E-state index in [4.69, 9.17) is 37.4 Å². The molecule has 0 aliphatic carbocycles. The fourth-order valence-electron chi connectivity index (χ4n) is 4.04. The summed E-state index contributed by atoms with van der Waals surface area (Å²) in [5, 5.41) is 3.26. The number of carbonyl (C=O) groups excluding carboxylic acids is 1. The van der Waals surface area contributed by atoms with Crippen LogP contribution >= 0.6 is 23.2 Å². The highest BCUT2D eigenvalue weighted by Crippen LogP contribution is 2.37. The molecule has 0 unspecified atom stereocenters. The van der Waals surface area contributed by atoms with E-state index in [1.807, 2.05) is 0 Å². The quantitative estimate of drug-likeness (QED) is 0.196. The van der Waals surface area contributed by atoms with E-state index in [0.717, 1.165) is 4.31 Å². The van der Waals surface area contributed by atoms with Gasteiger partial charge < -0.3 is 19.5 Å². The molecule has 0 saturated carbocycles. The molecule has 4 rings (SSSR count). The van der Waals surface area contributed by atoms with E-state index >= 15 is 0 Å². The highest BCUT2D eigenvalue weighted by atomic mass is 35.5. The number of hydrogen-bond acceptors (Lipinski definition) is 8. The van der Waals surface area contributed by atoms with Crippen LogP contribution in [-0.4, -0.2) is 50.6 Å². The summed E-state index contributed by atoms with van der Waals surface area (Å²) in [5.41, 5.74) is 0.556. The van der Waals surface area contributed by atoms with Gasteiger partial charge in [-0.3, -0.25) is 13.8 Å². The zero-order chi connectivity index (χ0) is 32.1. The van der Waals surface area contributed by atoms with Crippen molar-refractivity contribution < 1.29 is 35.8 Å². The Kier molecular flexibility index (Phi) is 10.1. The number of nitrogens with one attached hydrogen (secondary N) is 2. The molecule has 0 fully saturated rings. The van der Waals surface area contributed by atoms with Gasteiger partial charge in [0, 0.05) is 27.5 Å². The Balaban J connectivity index is 1.61. The lowest BCUT2D eigenvalue weighted by Crippen LogP contribution is -2.38. The molecule has 0 atom stereocenters. The molecule has 15 heteroatoms. The van der Waals surface area contributed by atoms with E-state index in [1.165, 1.54) is 94.1 Å². The maximum absolute atomic E-state index is 14.0. The van der Waals surface area contributed by atoms with Crippen molar-refractivity contribution in [2.75, 3.05) is 42.2 Å². The summed E-state index contributed by atoms with van der Waals surface area (Å²) in [5.74, 6) is -0.110. The third-order valence-electron chi connectivity index (χ3n) is 6.18. The second-order valence-corrected chi connectivity index (χ2v) is 13.4. The summed E-state index contributed by atoms with van der Waals surface area (Å²) in [7, 11) is -4.21. The van der Waals surface area contributed by atoms with Crippen LogP contribution < -0.4 is 28.6 Å². The predicted molar refractivity (Wildman–Crippen MR) is 169 cm³/mol. The minimum Gasteiger partial charge on any atom is -0.495 e. The summed E-state index contributed by atoms with van der Waals surface area (Å²) in [6.45, 7) is -0.689. The zero-order valence-electron chi connectivity index (χ0n) is 23.6. The number of sulfonamides is 2. The summed E-state index contributed by atoms with van der Waals surface area (Å²) in [6, 6.07) is 19.8. The summed E-state index contributed by atoms with van der Waals surface area (Å²) in [4.78, 5) is 13.0. The molecule has 44 heavy (non-hydrogen) atoms. The number of amides is 1. The summed E-state index contributed by atoms with van der Waals surface area (Å²) in [6.07, 6.45) is 0. The van der Waals surface area contributed by atoms with Crippen LogP contribution in [0.2, 0.25) is 10.0 Å². The number of anilines is 3. The lowest BCUT2D eigenvalue weighted by Gasteiger charge is -2.26. The van der Waals surface area contributed by atoms with Crippen molar-refractivity contribution in [1.82, 2.24) is 0 Å². The Bertz CT molecular complexity index is 1870. The number of hydrogen-bond donors (Lipinski definition) is 2. The Morgan fingerprint density at radius 1 is 0.682 bits per heavy atom. The molecule has 0 aliphatic heterocycles. The van der Waals surface area contributed by atoms with Crippen LogP contribution in [0.3, 0.4) is 0 Å². The topological polar surface area (TPSA) is 140 Å². The molecule has 4 aromatic rings.